The number of halogens is 2. The van der Waals surface area contributed by atoms with Crippen LogP contribution in [0.25, 0.3) is 5.76 Å². The van der Waals surface area contributed by atoms with Crippen LogP contribution in [0.4, 0.5) is 5.69 Å². The lowest BCUT2D eigenvalue weighted by molar-refractivity contribution is -0.132. The second-order valence-electron chi connectivity index (χ2n) is 8.12. The monoisotopic (exact) mass is 495 g/mol. The molecule has 0 saturated carbocycles. The van der Waals surface area contributed by atoms with Crippen LogP contribution in [0.15, 0.2) is 66.2 Å². The molecule has 174 valence electrons. The molecule has 1 amide bonds. The van der Waals surface area contributed by atoms with Crippen molar-refractivity contribution in [3.63, 3.8) is 0 Å². The predicted molar refractivity (Wildman–Crippen MR) is 135 cm³/mol. The third-order valence-electron chi connectivity index (χ3n) is 5.68. The highest BCUT2D eigenvalue weighted by atomic mass is 35.5. The molecule has 1 aliphatic rings. The fraction of sp³-hybridized carbons (Fsp3) is 0.185. The third-order valence-corrected chi connectivity index (χ3v) is 6.11. The molecule has 3 aromatic carbocycles. The van der Waals surface area contributed by atoms with Crippen LogP contribution in [0.1, 0.15) is 35.2 Å². The number of amides is 1. The number of ketones is 1. The number of aliphatic hydroxyl groups excluding tert-OH is 1. The molecule has 0 aliphatic carbocycles. The molecule has 1 atom stereocenters. The summed E-state index contributed by atoms with van der Waals surface area (Å²) in [6.07, 6.45) is 0. The van der Waals surface area contributed by atoms with Crippen molar-refractivity contribution >= 4 is 46.3 Å². The molecule has 1 heterocycles. The van der Waals surface area contributed by atoms with Gasteiger partial charge in [-0.1, -0.05) is 53.0 Å². The number of hydrogen-bond acceptors (Lipinski definition) is 4. The Hall–Kier alpha value is -3.28. The number of carbonyl (C=O) groups excluding carboxylic acids is 2. The number of hydrogen-bond donors (Lipinski definition) is 1. The lowest BCUT2D eigenvalue weighted by Crippen LogP contribution is -2.29. The largest absolute Gasteiger partial charge is 0.507 e. The van der Waals surface area contributed by atoms with Gasteiger partial charge in [0.1, 0.15) is 11.5 Å². The van der Waals surface area contributed by atoms with Gasteiger partial charge in [0.15, 0.2) is 0 Å². The van der Waals surface area contributed by atoms with Crippen LogP contribution < -0.4 is 9.64 Å². The van der Waals surface area contributed by atoms with E-state index in [1.54, 1.807) is 36.4 Å². The second kappa shape index (κ2) is 9.53. The maximum absolute atomic E-state index is 13.3. The van der Waals surface area contributed by atoms with Crippen LogP contribution in [0.2, 0.25) is 10.0 Å². The summed E-state index contributed by atoms with van der Waals surface area (Å²) < 4.78 is 5.58. The first kappa shape index (κ1) is 23.9. The molecular formula is C27H23Cl2NO4. The summed E-state index contributed by atoms with van der Waals surface area (Å²) in [7, 11) is 0. The Morgan fingerprint density at radius 2 is 1.71 bits per heavy atom. The highest BCUT2D eigenvalue weighted by molar-refractivity contribution is 6.52. The van der Waals surface area contributed by atoms with E-state index in [9.17, 15) is 14.7 Å². The molecule has 4 rings (SSSR count). The molecule has 0 bridgehead atoms. The number of ether oxygens (including phenoxy) is 1. The van der Waals surface area contributed by atoms with Crippen molar-refractivity contribution < 1.29 is 19.4 Å². The zero-order valence-corrected chi connectivity index (χ0v) is 20.4. The Balaban J connectivity index is 1.94. The maximum Gasteiger partial charge on any atom is 0.300 e. The van der Waals surface area contributed by atoms with Crippen molar-refractivity contribution in [1.82, 2.24) is 0 Å². The van der Waals surface area contributed by atoms with Crippen LogP contribution >= 0.6 is 23.2 Å². The number of carbonyl (C=O) groups is 2. The van der Waals surface area contributed by atoms with Gasteiger partial charge in [0.2, 0.25) is 0 Å². The van der Waals surface area contributed by atoms with Crippen molar-refractivity contribution in [3.05, 3.63) is 98.5 Å². The fourth-order valence-electron chi connectivity index (χ4n) is 4.20. The molecule has 34 heavy (non-hydrogen) atoms. The molecule has 0 spiro atoms. The van der Waals surface area contributed by atoms with E-state index in [1.807, 2.05) is 45.0 Å². The Kier molecular flexibility index (Phi) is 6.69. The van der Waals surface area contributed by atoms with Crippen LogP contribution in [0.3, 0.4) is 0 Å². The van der Waals surface area contributed by atoms with E-state index in [4.69, 9.17) is 27.9 Å². The molecule has 1 saturated heterocycles. The maximum atomic E-state index is 13.3. The minimum Gasteiger partial charge on any atom is -0.507 e. The van der Waals surface area contributed by atoms with Crippen molar-refractivity contribution in [2.45, 2.75) is 26.8 Å². The summed E-state index contributed by atoms with van der Waals surface area (Å²) in [6, 6.07) is 16.4. The Morgan fingerprint density at radius 3 is 2.32 bits per heavy atom. The highest BCUT2D eigenvalue weighted by Crippen LogP contribution is 2.43. The minimum atomic E-state index is -0.860. The van der Waals surface area contributed by atoms with Gasteiger partial charge in [-0.25, -0.2) is 0 Å². The van der Waals surface area contributed by atoms with Gasteiger partial charge in [-0.05, 0) is 68.3 Å². The van der Waals surface area contributed by atoms with Crippen LogP contribution in [-0.4, -0.2) is 23.4 Å². The summed E-state index contributed by atoms with van der Waals surface area (Å²) >= 11 is 12.4. The van der Waals surface area contributed by atoms with Crippen LogP contribution in [0.5, 0.6) is 5.75 Å². The van der Waals surface area contributed by atoms with E-state index in [0.717, 1.165) is 11.1 Å². The van der Waals surface area contributed by atoms with Gasteiger partial charge in [0.25, 0.3) is 11.7 Å². The summed E-state index contributed by atoms with van der Waals surface area (Å²) in [4.78, 5) is 27.9. The zero-order valence-electron chi connectivity index (χ0n) is 18.9. The van der Waals surface area contributed by atoms with E-state index in [1.165, 1.54) is 4.90 Å². The molecule has 1 N–H and O–H groups in total. The zero-order chi connectivity index (χ0) is 24.6. The molecule has 1 fully saturated rings. The first-order valence-corrected chi connectivity index (χ1v) is 11.5. The van der Waals surface area contributed by atoms with Gasteiger partial charge < -0.3 is 9.84 Å². The number of aliphatic hydroxyl groups is 1. The normalized spacial score (nSPS) is 17.3. The molecule has 0 aromatic heterocycles. The van der Waals surface area contributed by atoms with Gasteiger partial charge in [-0.3, -0.25) is 14.5 Å². The van der Waals surface area contributed by atoms with Crippen LogP contribution in [-0.2, 0) is 9.59 Å². The number of benzene rings is 3. The number of anilines is 1. The van der Waals surface area contributed by atoms with Gasteiger partial charge >= 0.3 is 0 Å². The van der Waals surface area contributed by atoms with E-state index in [-0.39, 0.29) is 11.3 Å². The van der Waals surface area contributed by atoms with E-state index in [2.05, 4.69) is 0 Å². The second-order valence-corrected chi connectivity index (χ2v) is 9.00. The van der Waals surface area contributed by atoms with Crippen molar-refractivity contribution in [1.29, 1.82) is 0 Å². The van der Waals surface area contributed by atoms with Gasteiger partial charge in [0.05, 0.1) is 18.2 Å². The topological polar surface area (TPSA) is 66.8 Å². The molecule has 7 heteroatoms. The van der Waals surface area contributed by atoms with Crippen molar-refractivity contribution in [2.75, 3.05) is 11.5 Å². The number of nitrogens with zero attached hydrogens (tertiary/aromatic N) is 1. The highest BCUT2D eigenvalue weighted by Gasteiger charge is 2.47. The summed E-state index contributed by atoms with van der Waals surface area (Å²) in [5.74, 6) is -1.13. The average Bonchev–Trinajstić information content (AvgIpc) is 3.05. The van der Waals surface area contributed by atoms with E-state index < -0.39 is 17.7 Å². The van der Waals surface area contributed by atoms with Gasteiger partial charge in [0, 0.05) is 21.3 Å². The molecular weight excluding hydrogens is 473 g/mol. The van der Waals surface area contributed by atoms with Crippen molar-refractivity contribution in [2.24, 2.45) is 0 Å². The average molecular weight is 496 g/mol. The first-order valence-electron chi connectivity index (χ1n) is 10.8. The third kappa shape index (κ3) is 4.41. The molecule has 5 nitrogen and oxygen atoms in total. The van der Waals surface area contributed by atoms with E-state index in [0.29, 0.717) is 39.2 Å². The minimum absolute atomic E-state index is 0.00439. The standard InChI is InChI=1S/C27H23Cl2NO4/c1-4-34-22-9-8-18(11-16(22)3)25(31)23-24(17-7-5-6-15(2)10-17)30(27(33)26(23)32)21-13-19(28)12-20(29)14-21/h5-14,24,31H,4H2,1-3H3/b25-23+. The molecule has 1 unspecified atom stereocenters. The molecule has 1 aliphatic heterocycles. The smallest absolute Gasteiger partial charge is 0.300 e. The quantitative estimate of drug-likeness (QED) is 0.245. The number of aryl methyl sites for hydroxylation is 2. The predicted octanol–water partition coefficient (Wildman–Crippen LogP) is 6.64. The Labute approximate surface area is 208 Å². The van der Waals surface area contributed by atoms with E-state index >= 15 is 0 Å². The fourth-order valence-corrected chi connectivity index (χ4v) is 4.72. The molecule has 3 aromatic rings. The lowest BCUT2D eigenvalue weighted by atomic mass is 9.94. The SMILES string of the molecule is CCOc1ccc(/C(O)=C2\C(=O)C(=O)N(c3cc(Cl)cc(Cl)c3)C2c2cccc(C)c2)cc1C. The van der Waals surface area contributed by atoms with Crippen molar-refractivity contribution in [3.8, 4) is 5.75 Å². The lowest BCUT2D eigenvalue weighted by Gasteiger charge is -2.26. The summed E-state index contributed by atoms with van der Waals surface area (Å²) in [5, 5.41) is 12.0. The van der Waals surface area contributed by atoms with Gasteiger partial charge in [-0.15, -0.1) is 0 Å². The van der Waals surface area contributed by atoms with Crippen LogP contribution in [0, 0.1) is 13.8 Å². The summed E-state index contributed by atoms with van der Waals surface area (Å²) in [5.41, 5.74) is 3.21. The summed E-state index contributed by atoms with van der Waals surface area (Å²) in [6.45, 7) is 6.17. The van der Waals surface area contributed by atoms with Gasteiger partial charge in [-0.2, -0.15) is 0 Å². The Bertz CT molecular complexity index is 1310. The Morgan fingerprint density at radius 1 is 1.00 bits per heavy atom. The molecule has 0 radical (unpaired) electrons. The first-order chi connectivity index (χ1) is 16.2. The number of rotatable bonds is 5. The number of Topliss-reactive ketones (excluding diaryl/α,β-unsaturated/α-hetero) is 1.